The topological polar surface area (TPSA) is 89.2 Å². The number of halogens is 1. The molecule has 0 bridgehead atoms. The van der Waals surface area contributed by atoms with Crippen LogP contribution in [0.25, 0.3) is 0 Å². The molecule has 0 aromatic carbocycles. The van der Waals surface area contributed by atoms with Crippen molar-refractivity contribution in [3.63, 3.8) is 0 Å². The highest BCUT2D eigenvalue weighted by Crippen LogP contribution is 2.19. The summed E-state index contributed by atoms with van der Waals surface area (Å²) in [5.41, 5.74) is 5.29. The van der Waals surface area contributed by atoms with Crippen molar-refractivity contribution in [2.45, 2.75) is 19.3 Å². The fourth-order valence-electron chi connectivity index (χ4n) is 2.52. The van der Waals surface area contributed by atoms with Crippen LogP contribution in [-0.2, 0) is 14.3 Å². The van der Waals surface area contributed by atoms with Crippen molar-refractivity contribution in [3.8, 4) is 0 Å². The van der Waals surface area contributed by atoms with E-state index < -0.39 is 0 Å². The molecule has 1 atom stereocenters. The molecular weight excluding hydrogens is 399 g/mol. The first-order chi connectivity index (χ1) is 10.2. The van der Waals surface area contributed by atoms with E-state index in [1.807, 2.05) is 0 Å². The molecule has 1 aliphatic heterocycles. The minimum Gasteiger partial charge on any atom is -0.382 e. The Bertz CT molecular complexity index is 342. The quantitative estimate of drug-likeness (QED) is 0.253. The number of ether oxygens (including phenoxy) is 2. The van der Waals surface area contributed by atoms with E-state index in [1.165, 1.54) is 0 Å². The number of nitrogens with two attached hydrogens (primary N) is 1. The second-order valence-electron chi connectivity index (χ2n) is 5.20. The van der Waals surface area contributed by atoms with Crippen LogP contribution in [0.2, 0.25) is 0 Å². The van der Waals surface area contributed by atoms with E-state index >= 15 is 0 Å². The van der Waals surface area contributed by atoms with Gasteiger partial charge in [-0.2, -0.15) is 0 Å². The minimum atomic E-state index is -0.226. The Morgan fingerprint density at radius 1 is 1.41 bits per heavy atom. The third-order valence-electron chi connectivity index (χ3n) is 3.48. The molecule has 0 aliphatic carbocycles. The fourth-order valence-corrected chi connectivity index (χ4v) is 2.52. The molecule has 8 heteroatoms. The standard InChI is InChI=1S/C14H28N4O3.HI/c1-16-14(17-5-7-21-9-8-20-2)18-6-3-4-12(11-18)10-13(15)19;/h12H,3-11H2,1-2H3,(H2,15,19)(H,16,17);1H. The summed E-state index contributed by atoms with van der Waals surface area (Å²) < 4.78 is 10.3. The van der Waals surface area contributed by atoms with Gasteiger partial charge in [-0.05, 0) is 18.8 Å². The number of primary amides is 1. The average Bonchev–Trinajstić information content (AvgIpc) is 2.46. The first-order valence-corrected chi connectivity index (χ1v) is 7.48. The van der Waals surface area contributed by atoms with Crippen molar-refractivity contribution in [2.75, 3.05) is 53.6 Å². The van der Waals surface area contributed by atoms with Crippen LogP contribution in [0.15, 0.2) is 4.99 Å². The molecule has 1 amide bonds. The van der Waals surface area contributed by atoms with Crippen molar-refractivity contribution in [1.82, 2.24) is 10.2 Å². The molecule has 1 heterocycles. The zero-order valence-electron chi connectivity index (χ0n) is 13.5. The number of amides is 1. The van der Waals surface area contributed by atoms with Crippen molar-refractivity contribution in [1.29, 1.82) is 0 Å². The first kappa shape index (κ1) is 21.4. The lowest BCUT2D eigenvalue weighted by Crippen LogP contribution is -2.47. The van der Waals surface area contributed by atoms with Gasteiger partial charge < -0.3 is 25.4 Å². The second-order valence-corrected chi connectivity index (χ2v) is 5.20. The number of nitrogens with one attached hydrogen (secondary N) is 1. The van der Waals surface area contributed by atoms with Crippen LogP contribution in [0.4, 0.5) is 0 Å². The molecule has 1 saturated heterocycles. The number of likely N-dealkylation sites (tertiary alicyclic amines) is 1. The van der Waals surface area contributed by atoms with Gasteiger partial charge in [-0.25, -0.2) is 0 Å². The Morgan fingerprint density at radius 2 is 2.18 bits per heavy atom. The summed E-state index contributed by atoms with van der Waals surface area (Å²) in [6.45, 7) is 4.30. The summed E-state index contributed by atoms with van der Waals surface area (Å²) in [7, 11) is 3.42. The molecule has 0 aromatic rings. The van der Waals surface area contributed by atoms with E-state index in [-0.39, 0.29) is 29.9 Å². The summed E-state index contributed by atoms with van der Waals surface area (Å²) in [5, 5.41) is 3.28. The van der Waals surface area contributed by atoms with Crippen molar-refractivity contribution < 1.29 is 14.3 Å². The number of hydrogen-bond acceptors (Lipinski definition) is 4. The number of piperidine rings is 1. The van der Waals surface area contributed by atoms with Crippen LogP contribution in [0.5, 0.6) is 0 Å². The maximum atomic E-state index is 11.0. The zero-order chi connectivity index (χ0) is 15.5. The average molecular weight is 428 g/mol. The highest BCUT2D eigenvalue weighted by molar-refractivity contribution is 14.0. The molecule has 22 heavy (non-hydrogen) atoms. The molecule has 0 radical (unpaired) electrons. The highest BCUT2D eigenvalue weighted by atomic mass is 127. The summed E-state index contributed by atoms with van der Waals surface area (Å²) in [5.74, 6) is 0.962. The third-order valence-corrected chi connectivity index (χ3v) is 3.48. The summed E-state index contributed by atoms with van der Waals surface area (Å²) in [4.78, 5) is 17.5. The Kier molecular flexibility index (Phi) is 12.5. The van der Waals surface area contributed by atoms with Gasteiger partial charge in [-0.3, -0.25) is 9.79 Å². The molecule has 3 N–H and O–H groups in total. The molecule has 1 fully saturated rings. The lowest BCUT2D eigenvalue weighted by Gasteiger charge is -2.34. The summed E-state index contributed by atoms with van der Waals surface area (Å²) in [6.07, 6.45) is 2.56. The molecule has 0 saturated carbocycles. The number of carbonyl (C=O) groups is 1. The van der Waals surface area contributed by atoms with Gasteiger partial charge >= 0.3 is 0 Å². The van der Waals surface area contributed by atoms with Crippen molar-refractivity contribution in [2.24, 2.45) is 16.6 Å². The largest absolute Gasteiger partial charge is 0.382 e. The predicted molar refractivity (Wildman–Crippen MR) is 97.6 cm³/mol. The lowest BCUT2D eigenvalue weighted by atomic mass is 9.95. The van der Waals surface area contributed by atoms with Gasteiger partial charge in [0.15, 0.2) is 5.96 Å². The van der Waals surface area contributed by atoms with E-state index in [0.717, 1.165) is 31.9 Å². The van der Waals surface area contributed by atoms with Gasteiger partial charge in [-0.1, -0.05) is 0 Å². The number of nitrogens with zero attached hydrogens (tertiary/aromatic N) is 2. The minimum absolute atomic E-state index is 0. The smallest absolute Gasteiger partial charge is 0.217 e. The summed E-state index contributed by atoms with van der Waals surface area (Å²) >= 11 is 0. The Morgan fingerprint density at radius 3 is 2.82 bits per heavy atom. The van der Waals surface area contributed by atoms with E-state index in [1.54, 1.807) is 14.2 Å². The maximum absolute atomic E-state index is 11.0. The second kappa shape index (κ2) is 12.9. The van der Waals surface area contributed by atoms with Crippen LogP contribution in [0.1, 0.15) is 19.3 Å². The van der Waals surface area contributed by atoms with Gasteiger partial charge in [0.2, 0.25) is 5.91 Å². The van der Waals surface area contributed by atoms with E-state index in [4.69, 9.17) is 15.2 Å². The maximum Gasteiger partial charge on any atom is 0.217 e. The molecule has 130 valence electrons. The van der Waals surface area contributed by atoms with E-state index in [2.05, 4.69) is 15.2 Å². The highest BCUT2D eigenvalue weighted by Gasteiger charge is 2.23. The van der Waals surface area contributed by atoms with Gasteiger partial charge in [0.25, 0.3) is 0 Å². The molecule has 0 spiro atoms. The number of rotatable bonds is 8. The van der Waals surface area contributed by atoms with Crippen molar-refractivity contribution in [3.05, 3.63) is 0 Å². The van der Waals surface area contributed by atoms with Gasteiger partial charge in [-0.15, -0.1) is 24.0 Å². The summed E-state index contributed by atoms with van der Waals surface area (Å²) in [6, 6.07) is 0. The SMILES string of the molecule is CN=C(NCCOCCOC)N1CCCC(CC(N)=O)C1.I. The van der Waals surface area contributed by atoms with Crippen LogP contribution in [0, 0.1) is 5.92 Å². The number of carbonyl (C=O) groups excluding carboxylic acids is 1. The molecular formula is C14H29IN4O3. The molecule has 1 aliphatic rings. The van der Waals surface area contributed by atoms with Crippen LogP contribution < -0.4 is 11.1 Å². The van der Waals surface area contributed by atoms with Crippen LogP contribution >= 0.6 is 24.0 Å². The Balaban J connectivity index is 0.00000441. The zero-order valence-corrected chi connectivity index (χ0v) is 15.9. The number of methoxy groups -OCH3 is 1. The first-order valence-electron chi connectivity index (χ1n) is 7.48. The third kappa shape index (κ3) is 8.74. The molecule has 0 aromatic heterocycles. The normalized spacial score (nSPS) is 18.7. The molecule has 1 rings (SSSR count). The Labute approximate surface area is 150 Å². The monoisotopic (exact) mass is 428 g/mol. The van der Waals surface area contributed by atoms with Crippen LogP contribution in [0.3, 0.4) is 0 Å². The number of guanidine groups is 1. The Hall–Kier alpha value is -0.610. The van der Waals surface area contributed by atoms with Gasteiger partial charge in [0.1, 0.15) is 0 Å². The van der Waals surface area contributed by atoms with E-state index in [9.17, 15) is 4.79 Å². The number of hydrogen-bond donors (Lipinski definition) is 2. The lowest BCUT2D eigenvalue weighted by molar-refractivity contribution is -0.119. The van der Waals surface area contributed by atoms with E-state index in [0.29, 0.717) is 38.7 Å². The van der Waals surface area contributed by atoms with Gasteiger partial charge in [0, 0.05) is 40.2 Å². The number of aliphatic imine (C=N–C) groups is 1. The van der Waals surface area contributed by atoms with Gasteiger partial charge in [0.05, 0.1) is 19.8 Å². The van der Waals surface area contributed by atoms with Crippen LogP contribution in [-0.4, -0.2) is 70.4 Å². The molecule has 1 unspecified atom stereocenters. The molecule has 7 nitrogen and oxygen atoms in total. The fraction of sp³-hybridized carbons (Fsp3) is 0.857. The predicted octanol–water partition coefficient (Wildman–Crippen LogP) is 0.430. The van der Waals surface area contributed by atoms with Crippen molar-refractivity contribution >= 4 is 35.8 Å².